The van der Waals surface area contributed by atoms with Gasteiger partial charge in [0.05, 0.1) is 18.2 Å². The molecule has 0 heterocycles. The molecule has 68 valence electrons. The number of hydrogen-bond donors (Lipinski definition) is 0. The SMILES string of the molecule is COc1c(Cl)cccc1CCC#N. The van der Waals surface area contributed by atoms with Crippen LogP contribution in [0.1, 0.15) is 12.0 Å². The topological polar surface area (TPSA) is 33.0 Å². The normalized spacial score (nSPS) is 9.31. The highest BCUT2D eigenvalue weighted by molar-refractivity contribution is 6.32. The lowest BCUT2D eigenvalue weighted by atomic mass is 10.1. The lowest BCUT2D eigenvalue weighted by Crippen LogP contribution is -1.92. The highest BCUT2D eigenvalue weighted by Crippen LogP contribution is 2.28. The van der Waals surface area contributed by atoms with Gasteiger partial charge in [-0.05, 0) is 18.1 Å². The smallest absolute Gasteiger partial charge is 0.140 e. The van der Waals surface area contributed by atoms with E-state index in [4.69, 9.17) is 21.6 Å². The first-order chi connectivity index (χ1) is 6.29. The van der Waals surface area contributed by atoms with Crippen molar-refractivity contribution >= 4 is 11.6 Å². The molecule has 0 aliphatic heterocycles. The summed E-state index contributed by atoms with van der Waals surface area (Å²) in [6, 6.07) is 7.64. The van der Waals surface area contributed by atoms with E-state index in [-0.39, 0.29) is 0 Å². The minimum absolute atomic E-state index is 0.483. The number of rotatable bonds is 3. The Bertz CT molecular complexity index is 330. The molecule has 0 aliphatic carbocycles. The number of hydrogen-bond acceptors (Lipinski definition) is 2. The van der Waals surface area contributed by atoms with Gasteiger partial charge in [0.1, 0.15) is 5.75 Å². The van der Waals surface area contributed by atoms with Crippen molar-refractivity contribution in [3.05, 3.63) is 28.8 Å². The van der Waals surface area contributed by atoms with Gasteiger partial charge in [0, 0.05) is 6.42 Å². The van der Waals surface area contributed by atoms with E-state index in [1.165, 1.54) is 0 Å². The fourth-order valence-corrected chi connectivity index (χ4v) is 1.44. The number of aryl methyl sites for hydroxylation is 1. The molecule has 1 aromatic rings. The van der Waals surface area contributed by atoms with Crippen molar-refractivity contribution in [2.45, 2.75) is 12.8 Å². The van der Waals surface area contributed by atoms with E-state index in [0.717, 1.165) is 5.56 Å². The zero-order chi connectivity index (χ0) is 9.68. The number of para-hydroxylation sites is 1. The molecule has 0 N–H and O–H groups in total. The van der Waals surface area contributed by atoms with Crippen molar-refractivity contribution in [1.29, 1.82) is 5.26 Å². The molecule has 0 radical (unpaired) electrons. The Morgan fingerprint density at radius 3 is 2.92 bits per heavy atom. The third-order valence-corrected chi connectivity index (χ3v) is 2.06. The molecule has 0 aliphatic rings. The average molecular weight is 196 g/mol. The van der Waals surface area contributed by atoms with Crippen LogP contribution in [0.3, 0.4) is 0 Å². The van der Waals surface area contributed by atoms with Gasteiger partial charge in [-0.1, -0.05) is 23.7 Å². The van der Waals surface area contributed by atoms with Crippen molar-refractivity contribution in [2.24, 2.45) is 0 Å². The van der Waals surface area contributed by atoms with Crippen molar-refractivity contribution in [3.8, 4) is 11.8 Å². The Morgan fingerprint density at radius 2 is 2.31 bits per heavy atom. The summed E-state index contributed by atoms with van der Waals surface area (Å²) in [6.07, 6.45) is 1.16. The Kier molecular flexibility index (Phi) is 3.60. The maximum absolute atomic E-state index is 8.44. The maximum Gasteiger partial charge on any atom is 0.140 e. The molecule has 0 saturated heterocycles. The lowest BCUT2D eigenvalue weighted by molar-refractivity contribution is 0.410. The summed E-state index contributed by atoms with van der Waals surface area (Å²) in [5, 5.41) is 9.03. The van der Waals surface area contributed by atoms with Crippen LogP contribution < -0.4 is 4.74 Å². The quantitative estimate of drug-likeness (QED) is 0.743. The molecule has 2 nitrogen and oxygen atoms in total. The molecule has 1 aromatic carbocycles. The van der Waals surface area contributed by atoms with Crippen molar-refractivity contribution in [2.75, 3.05) is 7.11 Å². The highest BCUT2D eigenvalue weighted by atomic mass is 35.5. The van der Waals surface area contributed by atoms with Gasteiger partial charge in [0.25, 0.3) is 0 Å². The monoisotopic (exact) mass is 195 g/mol. The van der Waals surface area contributed by atoms with Crippen LogP contribution in [0.5, 0.6) is 5.75 Å². The zero-order valence-electron chi connectivity index (χ0n) is 7.38. The van der Waals surface area contributed by atoms with E-state index in [1.807, 2.05) is 12.1 Å². The van der Waals surface area contributed by atoms with Crippen LogP contribution in [0.15, 0.2) is 18.2 Å². The fourth-order valence-electron chi connectivity index (χ4n) is 1.17. The van der Waals surface area contributed by atoms with E-state index in [9.17, 15) is 0 Å². The van der Waals surface area contributed by atoms with Crippen molar-refractivity contribution in [1.82, 2.24) is 0 Å². The fraction of sp³-hybridized carbons (Fsp3) is 0.300. The van der Waals surface area contributed by atoms with Gasteiger partial charge in [0.15, 0.2) is 0 Å². The number of benzene rings is 1. The molecular formula is C10H10ClNO. The molecule has 0 bridgehead atoms. The molecular weight excluding hydrogens is 186 g/mol. The van der Waals surface area contributed by atoms with Crippen molar-refractivity contribution < 1.29 is 4.74 Å². The first kappa shape index (κ1) is 9.88. The summed E-state index contributed by atoms with van der Waals surface area (Å²) in [7, 11) is 1.58. The second-order valence-corrected chi connectivity index (χ2v) is 3.00. The first-order valence-electron chi connectivity index (χ1n) is 3.98. The third-order valence-electron chi connectivity index (χ3n) is 1.76. The van der Waals surface area contributed by atoms with Gasteiger partial charge >= 0.3 is 0 Å². The minimum atomic E-state index is 0.483. The molecule has 0 amide bonds. The van der Waals surface area contributed by atoms with Gasteiger partial charge in [-0.3, -0.25) is 0 Å². The number of nitrogens with zero attached hydrogens (tertiary/aromatic N) is 1. The Balaban J connectivity index is 2.93. The van der Waals surface area contributed by atoms with E-state index in [2.05, 4.69) is 6.07 Å². The van der Waals surface area contributed by atoms with Crippen LogP contribution in [0, 0.1) is 11.3 Å². The summed E-state index contributed by atoms with van der Waals surface area (Å²) in [5.74, 6) is 0.680. The van der Waals surface area contributed by atoms with Gasteiger partial charge in [-0.2, -0.15) is 5.26 Å². The van der Waals surface area contributed by atoms with E-state index < -0.39 is 0 Å². The Morgan fingerprint density at radius 1 is 1.54 bits per heavy atom. The molecule has 13 heavy (non-hydrogen) atoms. The summed E-state index contributed by atoms with van der Waals surface area (Å²) < 4.78 is 5.13. The van der Waals surface area contributed by atoms with E-state index >= 15 is 0 Å². The Hall–Kier alpha value is -1.20. The number of methoxy groups -OCH3 is 1. The molecule has 0 unspecified atom stereocenters. The molecule has 3 heteroatoms. The van der Waals surface area contributed by atoms with Crippen LogP contribution in [0.4, 0.5) is 0 Å². The second-order valence-electron chi connectivity index (χ2n) is 2.59. The van der Waals surface area contributed by atoms with Gasteiger partial charge in [-0.15, -0.1) is 0 Å². The molecule has 0 saturated carbocycles. The van der Waals surface area contributed by atoms with E-state index in [0.29, 0.717) is 23.6 Å². The summed E-state index contributed by atoms with van der Waals surface area (Å²) in [6.45, 7) is 0. The minimum Gasteiger partial charge on any atom is -0.495 e. The predicted molar refractivity (Wildman–Crippen MR) is 51.9 cm³/mol. The maximum atomic E-state index is 8.44. The number of halogens is 1. The molecule has 0 spiro atoms. The summed E-state index contributed by atoms with van der Waals surface area (Å²) >= 11 is 5.90. The third kappa shape index (κ3) is 2.37. The van der Waals surface area contributed by atoms with E-state index in [1.54, 1.807) is 13.2 Å². The molecule has 0 aromatic heterocycles. The van der Waals surface area contributed by atoms with Gasteiger partial charge in [0.2, 0.25) is 0 Å². The summed E-state index contributed by atoms with van der Waals surface area (Å²) in [5.41, 5.74) is 0.983. The number of ether oxygens (including phenoxy) is 1. The molecule has 0 fully saturated rings. The number of nitriles is 1. The standard InChI is InChI=1S/C10H10ClNO/c1-13-10-8(5-3-7-12)4-2-6-9(10)11/h2,4,6H,3,5H2,1H3. The molecule has 1 rings (SSSR count). The summed E-state index contributed by atoms with van der Waals surface area (Å²) in [4.78, 5) is 0. The highest BCUT2D eigenvalue weighted by Gasteiger charge is 2.05. The Labute approximate surface area is 82.7 Å². The lowest BCUT2D eigenvalue weighted by Gasteiger charge is -2.07. The van der Waals surface area contributed by atoms with Gasteiger partial charge in [-0.25, -0.2) is 0 Å². The molecule has 0 atom stereocenters. The van der Waals surface area contributed by atoms with Crippen LogP contribution in [-0.4, -0.2) is 7.11 Å². The zero-order valence-corrected chi connectivity index (χ0v) is 8.14. The van der Waals surface area contributed by atoms with Gasteiger partial charge < -0.3 is 4.74 Å². The first-order valence-corrected chi connectivity index (χ1v) is 4.35. The van der Waals surface area contributed by atoms with Crippen LogP contribution in [-0.2, 0) is 6.42 Å². The second kappa shape index (κ2) is 4.74. The van der Waals surface area contributed by atoms with Crippen LogP contribution in [0.2, 0.25) is 5.02 Å². The predicted octanol–water partition coefficient (Wildman–Crippen LogP) is 2.80. The van der Waals surface area contributed by atoms with Crippen LogP contribution in [0.25, 0.3) is 0 Å². The van der Waals surface area contributed by atoms with Crippen LogP contribution >= 0.6 is 11.6 Å². The largest absolute Gasteiger partial charge is 0.495 e. The average Bonchev–Trinajstić information content (AvgIpc) is 2.15. The van der Waals surface area contributed by atoms with Crippen molar-refractivity contribution in [3.63, 3.8) is 0 Å².